The minimum Gasteiger partial charge on any atom is -0.494 e. The lowest BCUT2D eigenvalue weighted by Crippen LogP contribution is -2.24. The van der Waals surface area contributed by atoms with Gasteiger partial charge in [-0.3, -0.25) is 9.78 Å². The van der Waals surface area contributed by atoms with Crippen molar-refractivity contribution >= 4 is 16.7 Å². The Morgan fingerprint density at radius 2 is 1.73 bits per heavy atom. The molecule has 4 aromatic rings. The molecule has 0 aliphatic heterocycles. The van der Waals surface area contributed by atoms with Crippen LogP contribution in [0.25, 0.3) is 21.9 Å². The van der Waals surface area contributed by atoms with Crippen LogP contribution in [0.3, 0.4) is 0 Å². The summed E-state index contributed by atoms with van der Waals surface area (Å²) in [6.07, 6.45) is 4.05. The summed E-state index contributed by atoms with van der Waals surface area (Å²) in [6.45, 7) is 3.10. The maximum atomic E-state index is 12.4. The predicted molar refractivity (Wildman–Crippen MR) is 120 cm³/mol. The predicted octanol–water partition coefficient (Wildman–Crippen LogP) is 5.16. The van der Waals surface area contributed by atoms with Gasteiger partial charge in [0, 0.05) is 24.3 Å². The minimum absolute atomic E-state index is 0.00818. The fourth-order valence-electron chi connectivity index (χ4n) is 3.59. The van der Waals surface area contributed by atoms with Gasteiger partial charge < -0.3 is 10.1 Å². The molecule has 150 valence electrons. The Kier molecular flexibility index (Phi) is 6.04. The van der Waals surface area contributed by atoms with Gasteiger partial charge in [0.2, 0.25) is 5.91 Å². The van der Waals surface area contributed by atoms with E-state index in [4.69, 9.17) is 4.74 Å². The highest BCUT2D eigenvalue weighted by atomic mass is 16.5. The van der Waals surface area contributed by atoms with Crippen molar-refractivity contribution in [2.45, 2.75) is 19.9 Å². The minimum atomic E-state index is 0.00818. The van der Waals surface area contributed by atoms with E-state index < -0.39 is 0 Å². The van der Waals surface area contributed by atoms with Crippen LogP contribution in [-0.4, -0.2) is 17.5 Å². The Balaban J connectivity index is 1.55. The molecule has 0 aliphatic carbocycles. The number of hydrogen-bond acceptors (Lipinski definition) is 3. The van der Waals surface area contributed by atoms with E-state index in [1.54, 1.807) is 6.20 Å². The monoisotopic (exact) mass is 396 g/mol. The highest BCUT2D eigenvalue weighted by Gasteiger charge is 2.10. The molecule has 4 heteroatoms. The number of carbonyl (C=O) groups is 1. The molecular weight excluding hydrogens is 372 g/mol. The number of ether oxygens (including phenoxy) is 1. The Labute approximate surface area is 176 Å². The fourth-order valence-corrected chi connectivity index (χ4v) is 3.59. The molecule has 4 rings (SSSR count). The van der Waals surface area contributed by atoms with E-state index in [1.807, 2.05) is 61.7 Å². The topological polar surface area (TPSA) is 51.2 Å². The standard InChI is InChI=1S/C26H24N2O2/c1-2-30-22-11-8-20(9-12-22)23-13-10-21(25-18-27-15-14-24(23)25)17-28-26(29)16-19-6-4-3-5-7-19/h3-15,18H,2,16-17H2,1H3,(H,28,29). The van der Waals surface area contributed by atoms with Gasteiger partial charge >= 0.3 is 0 Å². The maximum Gasteiger partial charge on any atom is 0.224 e. The highest BCUT2D eigenvalue weighted by molar-refractivity contribution is 5.98. The molecule has 0 aliphatic rings. The van der Waals surface area contributed by atoms with Gasteiger partial charge in [-0.25, -0.2) is 0 Å². The van der Waals surface area contributed by atoms with Gasteiger partial charge in [0.25, 0.3) is 0 Å². The molecule has 0 unspecified atom stereocenters. The average Bonchev–Trinajstić information content (AvgIpc) is 2.79. The Morgan fingerprint density at radius 3 is 2.50 bits per heavy atom. The Morgan fingerprint density at radius 1 is 0.933 bits per heavy atom. The van der Waals surface area contributed by atoms with Crippen LogP contribution in [0.15, 0.2) is 85.2 Å². The van der Waals surface area contributed by atoms with Crippen molar-refractivity contribution in [2.24, 2.45) is 0 Å². The lowest BCUT2D eigenvalue weighted by molar-refractivity contribution is -0.120. The van der Waals surface area contributed by atoms with E-state index in [0.29, 0.717) is 19.6 Å². The maximum absolute atomic E-state index is 12.4. The molecule has 0 atom stereocenters. The molecule has 0 radical (unpaired) electrons. The molecule has 0 saturated carbocycles. The molecule has 1 heterocycles. The van der Waals surface area contributed by atoms with Gasteiger partial charge in [-0.15, -0.1) is 0 Å². The molecular formula is C26H24N2O2. The van der Waals surface area contributed by atoms with E-state index in [-0.39, 0.29) is 5.91 Å². The summed E-state index contributed by atoms with van der Waals surface area (Å²) in [4.78, 5) is 16.7. The SMILES string of the molecule is CCOc1ccc(-c2ccc(CNC(=O)Cc3ccccc3)c3cnccc23)cc1. The zero-order chi connectivity index (χ0) is 20.8. The van der Waals surface area contributed by atoms with Crippen molar-refractivity contribution in [3.63, 3.8) is 0 Å². The van der Waals surface area contributed by atoms with Crippen LogP contribution in [0.5, 0.6) is 5.75 Å². The van der Waals surface area contributed by atoms with Gasteiger partial charge in [-0.2, -0.15) is 0 Å². The molecule has 0 spiro atoms. The number of amides is 1. The third-order valence-corrected chi connectivity index (χ3v) is 5.07. The third kappa shape index (κ3) is 4.49. The van der Waals surface area contributed by atoms with E-state index in [0.717, 1.165) is 38.8 Å². The molecule has 4 nitrogen and oxygen atoms in total. The molecule has 0 fully saturated rings. The van der Waals surface area contributed by atoms with Crippen LogP contribution < -0.4 is 10.1 Å². The van der Waals surface area contributed by atoms with Crippen LogP contribution in [0.4, 0.5) is 0 Å². The Hall–Kier alpha value is -3.66. The lowest BCUT2D eigenvalue weighted by Gasteiger charge is -2.13. The third-order valence-electron chi connectivity index (χ3n) is 5.07. The smallest absolute Gasteiger partial charge is 0.224 e. The number of rotatable bonds is 7. The number of nitrogens with one attached hydrogen (secondary N) is 1. The summed E-state index contributed by atoms with van der Waals surface area (Å²) in [5.74, 6) is 0.874. The first-order valence-corrected chi connectivity index (χ1v) is 10.1. The first-order chi connectivity index (χ1) is 14.7. The molecule has 0 saturated heterocycles. The zero-order valence-corrected chi connectivity index (χ0v) is 17.0. The van der Waals surface area contributed by atoms with Gasteiger partial charge in [0.15, 0.2) is 0 Å². The summed E-state index contributed by atoms with van der Waals surface area (Å²) in [7, 11) is 0. The van der Waals surface area contributed by atoms with Gasteiger partial charge in [-0.05, 0) is 52.8 Å². The van der Waals surface area contributed by atoms with Crippen molar-refractivity contribution in [1.82, 2.24) is 10.3 Å². The second kappa shape index (κ2) is 9.23. The summed E-state index contributed by atoms with van der Waals surface area (Å²) in [6, 6.07) is 24.1. The number of nitrogens with zero attached hydrogens (tertiary/aromatic N) is 1. The quantitative estimate of drug-likeness (QED) is 0.469. The van der Waals surface area contributed by atoms with Crippen molar-refractivity contribution in [3.8, 4) is 16.9 Å². The molecule has 0 bridgehead atoms. The highest BCUT2D eigenvalue weighted by Crippen LogP contribution is 2.31. The van der Waals surface area contributed by atoms with Crippen LogP contribution >= 0.6 is 0 Å². The summed E-state index contributed by atoms with van der Waals surface area (Å²) >= 11 is 0. The van der Waals surface area contributed by atoms with Crippen LogP contribution in [0, 0.1) is 0 Å². The molecule has 1 N–H and O–H groups in total. The van der Waals surface area contributed by atoms with Crippen molar-refractivity contribution < 1.29 is 9.53 Å². The largest absolute Gasteiger partial charge is 0.494 e. The zero-order valence-electron chi connectivity index (χ0n) is 17.0. The van der Waals surface area contributed by atoms with Gasteiger partial charge in [0.05, 0.1) is 13.0 Å². The number of aromatic nitrogens is 1. The van der Waals surface area contributed by atoms with Gasteiger partial charge in [-0.1, -0.05) is 54.6 Å². The molecule has 3 aromatic carbocycles. The second-order valence-electron chi connectivity index (χ2n) is 7.09. The summed E-state index contributed by atoms with van der Waals surface area (Å²) < 4.78 is 5.55. The summed E-state index contributed by atoms with van der Waals surface area (Å²) in [5, 5.41) is 5.20. The molecule has 1 aromatic heterocycles. The van der Waals surface area contributed by atoms with Crippen molar-refractivity contribution in [1.29, 1.82) is 0 Å². The van der Waals surface area contributed by atoms with Crippen LogP contribution in [0.2, 0.25) is 0 Å². The van der Waals surface area contributed by atoms with Gasteiger partial charge in [0.1, 0.15) is 5.75 Å². The first kappa shape index (κ1) is 19.6. The molecule has 1 amide bonds. The van der Waals surface area contributed by atoms with E-state index in [9.17, 15) is 4.79 Å². The summed E-state index contributed by atoms with van der Waals surface area (Å²) in [5.41, 5.74) is 4.31. The average molecular weight is 396 g/mol. The normalized spacial score (nSPS) is 10.7. The van der Waals surface area contributed by atoms with E-state index >= 15 is 0 Å². The number of benzene rings is 3. The fraction of sp³-hybridized carbons (Fsp3) is 0.154. The lowest BCUT2D eigenvalue weighted by atomic mass is 9.96. The van der Waals surface area contributed by atoms with Crippen molar-refractivity contribution in [2.75, 3.05) is 6.61 Å². The Bertz CT molecular complexity index is 1140. The number of carbonyl (C=O) groups excluding carboxylic acids is 1. The van der Waals surface area contributed by atoms with E-state index in [1.165, 1.54) is 0 Å². The molecule has 30 heavy (non-hydrogen) atoms. The van der Waals surface area contributed by atoms with Crippen LogP contribution in [-0.2, 0) is 17.8 Å². The van der Waals surface area contributed by atoms with E-state index in [2.05, 4.69) is 34.6 Å². The van der Waals surface area contributed by atoms with Crippen molar-refractivity contribution in [3.05, 3.63) is 96.3 Å². The number of fused-ring (bicyclic) bond motifs is 1. The second-order valence-corrected chi connectivity index (χ2v) is 7.09. The van der Waals surface area contributed by atoms with Crippen LogP contribution in [0.1, 0.15) is 18.1 Å². The first-order valence-electron chi connectivity index (χ1n) is 10.1. The number of hydrogen-bond donors (Lipinski definition) is 1. The number of pyridine rings is 1.